The van der Waals surface area contributed by atoms with E-state index in [1.165, 1.54) is 22.3 Å². The Labute approximate surface area is 104 Å². The molecule has 0 saturated heterocycles. The maximum Gasteiger partial charge on any atom is 0.138 e. The molecule has 17 heavy (non-hydrogen) atoms. The lowest BCUT2D eigenvalue weighted by atomic mass is 9.94. The van der Waals surface area contributed by atoms with Gasteiger partial charge in [0.05, 0.1) is 0 Å². The smallest absolute Gasteiger partial charge is 0.138 e. The van der Waals surface area contributed by atoms with Gasteiger partial charge in [0.25, 0.3) is 0 Å². The van der Waals surface area contributed by atoms with E-state index in [0.717, 1.165) is 6.42 Å². The third-order valence-corrected chi connectivity index (χ3v) is 3.23. The van der Waals surface area contributed by atoms with Gasteiger partial charge in [0.1, 0.15) is 5.78 Å². The van der Waals surface area contributed by atoms with Crippen LogP contribution in [-0.4, -0.2) is 11.8 Å². The van der Waals surface area contributed by atoms with Crippen molar-refractivity contribution < 1.29 is 4.79 Å². The molecule has 0 aromatic heterocycles. The van der Waals surface area contributed by atoms with Gasteiger partial charge in [0.2, 0.25) is 0 Å². The van der Waals surface area contributed by atoms with E-state index in [1.54, 1.807) is 0 Å². The third-order valence-electron chi connectivity index (χ3n) is 3.23. The second kappa shape index (κ2) is 5.97. The second-order valence-corrected chi connectivity index (χ2v) is 4.97. The fourth-order valence-corrected chi connectivity index (χ4v) is 2.19. The van der Waals surface area contributed by atoms with Crippen LogP contribution in [0.4, 0.5) is 0 Å². The van der Waals surface area contributed by atoms with E-state index in [0.29, 0.717) is 12.8 Å². The highest BCUT2D eigenvalue weighted by Gasteiger charge is 2.12. The van der Waals surface area contributed by atoms with Crippen molar-refractivity contribution in [1.82, 2.24) is 0 Å². The molecule has 0 aliphatic heterocycles. The summed E-state index contributed by atoms with van der Waals surface area (Å²) in [6.07, 6.45) is 1.87. The quantitative estimate of drug-likeness (QED) is 0.849. The first-order valence-electron chi connectivity index (χ1n) is 6.28. The molecule has 0 saturated carbocycles. The molecule has 2 heteroatoms. The summed E-state index contributed by atoms with van der Waals surface area (Å²) in [7, 11) is 0. The van der Waals surface area contributed by atoms with Gasteiger partial charge in [-0.2, -0.15) is 0 Å². The summed E-state index contributed by atoms with van der Waals surface area (Å²) in [4.78, 5) is 11.9. The molecule has 0 radical (unpaired) electrons. The Morgan fingerprint density at radius 1 is 1.24 bits per heavy atom. The minimum atomic E-state index is 0.00793. The predicted octanol–water partition coefficient (Wildman–Crippen LogP) is 2.85. The van der Waals surface area contributed by atoms with Gasteiger partial charge in [0, 0.05) is 18.9 Å². The van der Waals surface area contributed by atoms with Crippen LogP contribution in [0.2, 0.25) is 0 Å². The number of hydrogen-bond acceptors (Lipinski definition) is 2. The molecule has 2 nitrogen and oxygen atoms in total. The average molecular weight is 233 g/mol. The summed E-state index contributed by atoms with van der Waals surface area (Å²) < 4.78 is 0. The van der Waals surface area contributed by atoms with Crippen molar-refractivity contribution in [1.29, 1.82) is 0 Å². The van der Waals surface area contributed by atoms with Crippen LogP contribution >= 0.6 is 0 Å². The molecule has 1 rings (SSSR count). The third kappa shape index (κ3) is 3.97. The molecule has 0 aliphatic carbocycles. The Morgan fingerprint density at radius 3 is 2.24 bits per heavy atom. The van der Waals surface area contributed by atoms with Crippen molar-refractivity contribution in [2.45, 2.75) is 53.0 Å². The first-order chi connectivity index (χ1) is 7.93. The first-order valence-corrected chi connectivity index (χ1v) is 6.28. The molecule has 1 unspecified atom stereocenters. The zero-order valence-electron chi connectivity index (χ0n) is 11.3. The summed E-state index contributed by atoms with van der Waals surface area (Å²) in [5.41, 5.74) is 10.6. The van der Waals surface area contributed by atoms with Gasteiger partial charge in [-0.1, -0.05) is 24.6 Å². The van der Waals surface area contributed by atoms with Gasteiger partial charge < -0.3 is 5.73 Å². The molecule has 0 bridgehead atoms. The zero-order valence-corrected chi connectivity index (χ0v) is 11.3. The van der Waals surface area contributed by atoms with Crippen LogP contribution in [-0.2, 0) is 11.2 Å². The van der Waals surface area contributed by atoms with Crippen molar-refractivity contribution in [3.8, 4) is 0 Å². The lowest BCUT2D eigenvalue weighted by Gasteiger charge is -2.12. The molecule has 1 atom stereocenters. The summed E-state index contributed by atoms with van der Waals surface area (Å²) >= 11 is 0. The van der Waals surface area contributed by atoms with Crippen LogP contribution in [0.25, 0.3) is 0 Å². The second-order valence-electron chi connectivity index (χ2n) is 4.97. The molecule has 0 heterocycles. The highest BCUT2D eigenvalue weighted by molar-refractivity contribution is 5.82. The van der Waals surface area contributed by atoms with E-state index < -0.39 is 0 Å². The van der Waals surface area contributed by atoms with Crippen molar-refractivity contribution in [3.05, 3.63) is 34.4 Å². The minimum Gasteiger partial charge on any atom is -0.327 e. The molecular formula is C15H23NO. The van der Waals surface area contributed by atoms with Crippen LogP contribution < -0.4 is 5.73 Å². The van der Waals surface area contributed by atoms with Crippen LogP contribution in [0, 0.1) is 20.8 Å². The van der Waals surface area contributed by atoms with Gasteiger partial charge in [-0.05, 0) is 43.9 Å². The van der Waals surface area contributed by atoms with Crippen LogP contribution in [0.15, 0.2) is 12.1 Å². The highest BCUT2D eigenvalue weighted by Crippen LogP contribution is 2.17. The number of nitrogens with two attached hydrogens (primary N) is 1. The Hall–Kier alpha value is -1.15. The van der Waals surface area contributed by atoms with Gasteiger partial charge in [-0.15, -0.1) is 0 Å². The molecule has 0 fully saturated rings. The predicted molar refractivity (Wildman–Crippen MR) is 72.2 cm³/mol. The molecule has 0 amide bonds. The van der Waals surface area contributed by atoms with Crippen molar-refractivity contribution >= 4 is 5.78 Å². The van der Waals surface area contributed by atoms with Gasteiger partial charge >= 0.3 is 0 Å². The number of Topliss-reactive ketones (excluding diaryl/α,β-unsaturated/α-hetero) is 1. The average Bonchev–Trinajstić information content (AvgIpc) is 2.23. The maximum atomic E-state index is 11.9. The van der Waals surface area contributed by atoms with E-state index in [-0.39, 0.29) is 11.8 Å². The summed E-state index contributed by atoms with van der Waals surface area (Å²) in [6.45, 7) is 8.24. The molecule has 1 aromatic carbocycles. The Balaban J connectivity index is 2.78. The standard InChI is InChI=1S/C15H23NO/c1-5-13(16)8-14(17)9-15-11(3)6-10(2)7-12(15)4/h6-7,13H,5,8-9,16H2,1-4H3. The SMILES string of the molecule is CCC(N)CC(=O)Cc1c(C)cc(C)cc1C. The van der Waals surface area contributed by atoms with E-state index in [4.69, 9.17) is 5.73 Å². The van der Waals surface area contributed by atoms with Crippen LogP contribution in [0.1, 0.15) is 42.0 Å². The Morgan fingerprint density at radius 2 is 1.76 bits per heavy atom. The molecule has 1 aromatic rings. The van der Waals surface area contributed by atoms with Gasteiger partial charge in [-0.3, -0.25) is 4.79 Å². The van der Waals surface area contributed by atoms with E-state index in [2.05, 4.69) is 32.9 Å². The first kappa shape index (κ1) is 13.9. The fraction of sp³-hybridized carbons (Fsp3) is 0.533. The normalized spacial score (nSPS) is 12.5. The van der Waals surface area contributed by atoms with Crippen molar-refractivity contribution in [2.24, 2.45) is 5.73 Å². The summed E-state index contributed by atoms with van der Waals surface area (Å²) in [6, 6.07) is 4.28. The fourth-order valence-electron chi connectivity index (χ4n) is 2.19. The Bertz CT molecular complexity index is 386. The maximum absolute atomic E-state index is 11.9. The lowest BCUT2D eigenvalue weighted by molar-refractivity contribution is -0.118. The number of ketones is 1. The number of carbonyl (C=O) groups excluding carboxylic acids is 1. The molecule has 0 aliphatic rings. The number of benzene rings is 1. The zero-order chi connectivity index (χ0) is 13.0. The number of aryl methyl sites for hydroxylation is 3. The van der Waals surface area contributed by atoms with Crippen LogP contribution in [0.3, 0.4) is 0 Å². The van der Waals surface area contributed by atoms with Gasteiger partial charge in [-0.25, -0.2) is 0 Å². The number of carbonyl (C=O) groups is 1. The number of hydrogen-bond donors (Lipinski definition) is 1. The largest absolute Gasteiger partial charge is 0.327 e. The monoisotopic (exact) mass is 233 g/mol. The van der Waals surface area contributed by atoms with E-state index in [9.17, 15) is 4.79 Å². The Kier molecular flexibility index (Phi) is 4.88. The van der Waals surface area contributed by atoms with Gasteiger partial charge in [0.15, 0.2) is 0 Å². The van der Waals surface area contributed by atoms with Crippen LogP contribution in [0.5, 0.6) is 0 Å². The molecule has 2 N–H and O–H groups in total. The van der Waals surface area contributed by atoms with Crippen molar-refractivity contribution in [2.75, 3.05) is 0 Å². The summed E-state index contributed by atoms with van der Waals surface area (Å²) in [5.74, 6) is 0.245. The molecular weight excluding hydrogens is 210 g/mol. The van der Waals surface area contributed by atoms with Crippen molar-refractivity contribution in [3.63, 3.8) is 0 Å². The highest BCUT2D eigenvalue weighted by atomic mass is 16.1. The number of rotatable bonds is 5. The molecule has 0 spiro atoms. The molecule has 94 valence electrons. The topological polar surface area (TPSA) is 43.1 Å². The summed E-state index contributed by atoms with van der Waals surface area (Å²) in [5, 5.41) is 0. The minimum absolute atomic E-state index is 0.00793. The van der Waals surface area contributed by atoms with E-state index in [1.807, 2.05) is 6.92 Å². The van der Waals surface area contributed by atoms with E-state index >= 15 is 0 Å². The lowest BCUT2D eigenvalue weighted by Crippen LogP contribution is -2.23.